The summed E-state index contributed by atoms with van der Waals surface area (Å²) in [7, 11) is 0. The molecule has 8 nitrogen and oxygen atoms in total. The third kappa shape index (κ3) is 4.52. The molecule has 0 bridgehead atoms. The lowest BCUT2D eigenvalue weighted by molar-refractivity contribution is -0.134. The molecule has 0 N–H and O–H groups in total. The Morgan fingerprint density at radius 3 is 2.53 bits per heavy atom. The first-order chi connectivity index (χ1) is 16.3. The molecule has 2 aromatic carbocycles. The Balaban J connectivity index is 1.16. The molecule has 0 radical (unpaired) electrons. The van der Waals surface area contributed by atoms with Crippen LogP contribution in [-0.2, 0) is 16.1 Å². The van der Waals surface area contributed by atoms with Crippen molar-refractivity contribution in [1.82, 2.24) is 9.80 Å². The average Bonchev–Trinajstić information content (AvgIpc) is 3.28. The van der Waals surface area contributed by atoms with Gasteiger partial charge in [-0.2, -0.15) is 0 Å². The minimum Gasteiger partial charge on any atom is -0.476 e. The first kappa shape index (κ1) is 22.8. The molecule has 1 fully saturated rings. The van der Waals surface area contributed by atoms with E-state index in [9.17, 15) is 9.59 Å². The van der Waals surface area contributed by atoms with E-state index in [1.807, 2.05) is 17.0 Å². The van der Waals surface area contributed by atoms with Gasteiger partial charge in [0.1, 0.15) is 5.75 Å². The number of rotatable bonds is 5. The lowest BCUT2D eigenvalue weighted by Crippen LogP contribution is -2.54. The van der Waals surface area contributed by atoms with Crippen LogP contribution in [0.2, 0.25) is 5.02 Å². The number of carbonyl (C=O) groups is 2. The Hall–Kier alpha value is -2.97. The highest BCUT2D eigenvalue weighted by atomic mass is 35.5. The fraction of sp³-hybridized carbons (Fsp3) is 0.440. The summed E-state index contributed by atoms with van der Waals surface area (Å²) in [5, 5.41) is 0.518. The number of benzene rings is 2. The third-order valence-corrected chi connectivity index (χ3v) is 6.69. The molecule has 1 saturated heterocycles. The van der Waals surface area contributed by atoms with Gasteiger partial charge in [0, 0.05) is 50.7 Å². The number of hydrogen-bond donors (Lipinski definition) is 0. The van der Waals surface area contributed by atoms with Crippen LogP contribution in [0.5, 0.6) is 17.2 Å². The molecule has 180 valence electrons. The predicted octanol–water partition coefficient (Wildman–Crippen LogP) is 3.31. The van der Waals surface area contributed by atoms with E-state index in [4.69, 9.17) is 25.8 Å². The second-order valence-electron chi connectivity index (χ2n) is 9.28. The van der Waals surface area contributed by atoms with Gasteiger partial charge >= 0.3 is 0 Å². The van der Waals surface area contributed by atoms with Crippen molar-refractivity contribution in [3.63, 3.8) is 0 Å². The molecule has 9 heteroatoms. The van der Waals surface area contributed by atoms with E-state index in [0.29, 0.717) is 29.5 Å². The van der Waals surface area contributed by atoms with Crippen LogP contribution in [0.1, 0.15) is 25.8 Å². The van der Waals surface area contributed by atoms with Crippen LogP contribution in [0.15, 0.2) is 36.4 Å². The number of halogens is 1. The zero-order valence-electron chi connectivity index (χ0n) is 19.4. The fourth-order valence-corrected chi connectivity index (χ4v) is 4.75. The van der Waals surface area contributed by atoms with Crippen LogP contribution in [0.4, 0.5) is 5.69 Å². The summed E-state index contributed by atoms with van der Waals surface area (Å²) in [4.78, 5) is 31.8. The molecule has 0 unspecified atom stereocenters. The van der Waals surface area contributed by atoms with Crippen LogP contribution in [-0.4, -0.2) is 66.7 Å². The topological polar surface area (TPSA) is 71.6 Å². The molecule has 5 rings (SSSR count). The standard InChI is InChI=1S/C25H28ClN3O5/c1-25(2)24(31)29(19-14-18(26)4-6-20(19)34-25)8-7-23(30)28-11-9-27(10-12-28)15-17-3-5-21-22(13-17)33-16-32-21/h3-6,13-14H,7-12,15-16H2,1-2H3. The number of piperazine rings is 1. The number of amides is 2. The molecule has 3 aliphatic rings. The molecule has 3 aliphatic heterocycles. The molecule has 0 aliphatic carbocycles. The summed E-state index contributed by atoms with van der Waals surface area (Å²) < 4.78 is 16.7. The molecular weight excluding hydrogens is 458 g/mol. The van der Waals surface area contributed by atoms with Gasteiger partial charge in [-0.05, 0) is 49.7 Å². The lowest BCUT2D eigenvalue weighted by Gasteiger charge is -2.39. The smallest absolute Gasteiger partial charge is 0.270 e. The van der Waals surface area contributed by atoms with Crippen molar-refractivity contribution in [3.05, 3.63) is 47.0 Å². The highest BCUT2D eigenvalue weighted by molar-refractivity contribution is 6.31. The van der Waals surface area contributed by atoms with Crippen LogP contribution >= 0.6 is 11.6 Å². The summed E-state index contributed by atoms with van der Waals surface area (Å²) in [5.74, 6) is 2.03. The minimum atomic E-state index is -0.996. The van der Waals surface area contributed by atoms with Crippen LogP contribution in [0.25, 0.3) is 0 Å². The summed E-state index contributed by atoms with van der Waals surface area (Å²) in [6, 6.07) is 11.2. The number of nitrogens with zero attached hydrogens (tertiary/aromatic N) is 3. The number of carbonyl (C=O) groups excluding carboxylic acids is 2. The maximum atomic E-state index is 13.0. The molecule has 0 saturated carbocycles. The van der Waals surface area contributed by atoms with Gasteiger partial charge in [-0.15, -0.1) is 0 Å². The van der Waals surface area contributed by atoms with Gasteiger partial charge in [0.2, 0.25) is 12.7 Å². The molecular formula is C25H28ClN3O5. The maximum Gasteiger partial charge on any atom is 0.270 e. The molecule has 0 atom stereocenters. The van der Waals surface area contributed by atoms with Crippen molar-refractivity contribution in [2.24, 2.45) is 0 Å². The van der Waals surface area contributed by atoms with Crippen molar-refractivity contribution >= 4 is 29.1 Å². The van der Waals surface area contributed by atoms with E-state index in [2.05, 4.69) is 11.0 Å². The van der Waals surface area contributed by atoms with Crippen molar-refractivity contribution in [2.45, 2.75) is 32.4 Å². The van der Waals surface area contributed by atoms with E-state index in [1.54, 1.807) is 36.9 Å². The number of anilines is 1. The van der Waals surface area contributed by atoms with E-state index in [0.717, 1.165) is 36.7 Å². The number of hydrogen-bond acceptors (Lipinski definition) is 6. The molecule has 0 aromatic heterocycles. The summed E-state index contributed by atoms with van der Waals surface area (Å²) in [6.45, 7) is 7.74. The summed E-state index contributed by atoms with van der Waals surface area (Å²) >= 11 is 6.16. The average molecular weight is 486 g/mol. The van der Waals surface area contributed by atoms with E-state index >= 15 is 0 Å². The van der Waals surface area contributed by atoms with Gasteiger partial charge < -0.3 is 24.0 Å². The Bertz CT molecular complexity index is 1110. The molecule has 34 heavy (non-hydrogen) atoms. The van der Waals surface area contributed by atoms with Gasteiger partial charge in [-0.3, -0.25) is 14.5 Å². The first-order valence-electron chi connectivity index (χ1n) is 11.5. The number of ether oxygens (including phenoxy) is 3. The van der Waals surface area contributed by atoms with Crippen molar-refractivity contribution < 1.29 is 23.8 Å². The maximum absolute atomic E-state index is 13.0. The highest BCUT2D eigenvalue weighted by Gasteiger charge is 2.41. The van der Waals surface area contributed by atoms with Crippen molar-refractivity contribution in [3.8, 4) is 17.2 Å². The second kappa shape index (κ2) is 9.00. The zero-order valence-corrected chi connectivity index (χ0v) is 20.1. The Morgan fingerprint density at radius 2 is 1.74 bits per heavy atom. The van der Waals surface area contributed by atoms with Gasteiger partial charge in [0.25, 0.3) is 5.91 Å². The van der Waals surface area contributed by atoms with E-state index in [1.165, 1.54) is 0 Å². The van der Waals surface area contributed by atoms with Gasteiger partial charge in [-0.1, -0.05) is 17.7 Å². The normalized spacial score (nSPS) is 19.1. The number of fused-ring (bicyclic) bond motifs is 2. The SMILES string of the molecule is CC1(C)Oc2ccc(Cl)cc2N(CCC(=O)N2CCN(Cc3ccc4c(c3)OCO4)CC2)C1=O. The van der Waals surface area contributed by atoms with Crippen molar-refractivity contribution in [1.29, 1.82) is 0 Å². The zero-order chi connectivity index (χ0) is 23.9. The summed E-state index contributed by atoms with van der Waals surface area (Å²) in [5.41, 5.74) is 0.775. The van der Waals surface area contributed by atoms with E-state index < -0.39 is 5.60 Å². The summed E-state index contributed by atoms with van der Waals surface area (Å²) in [6.07, 6.45) is 0.246. The largest absolute Gasteiger partial charge is 0.476 e. The van der Waals surface area contributed by atoms with Crippen LogP contribution in [0.3, 0.4) is 0 Å². The van der Waals surface area contributed by atoms with Crippen molar-refractivity contribution in [2.75, 3.05) is 44.4 Å². The first-order valence-corrected chi connectivity index (χ1v) is 11.9. The fourth-order valence-electron chi connectivity index (χ4n) is 4.58. The van der Waals surface area contributed by atoms with E-state index in [-0.39, 0.29) is 31.6 Å². The molecule has 2 amide bonds. The monoisotopic (exact) mass is 485 g/mol. The second-order valence-corrected chi connectivity index (χ2v) is 9.71. The minimum absolute atomic E-state index is 0.0448. The molecule has 0 spiro atoms. The molecule has 3 heterocycles. The Kier molecular flexibility index (Phi) is 6.04. The van der Waals surface area contributed by atoms with Gasteiger partial charge in [-0.25, -0.2) is 0 Å². The molecule has 2 aromatic rings. The van der Waals surface area contributed by atoms with Crippen LogP contribution < -0.4 is 19.1 Å². The third-order valence-electron chi connectivity index (χ3n) is 6.45. The van der Waals surface area contributed by atoms with Gasteiger partial charge in [0.05, 0.1) is 5.69 Å². The quantitative estimate of drug-likeness (QED) is 0.647. The predicted molar refractivity (Wildman–Crippen MR) is 128 cm³/mol. The lowest BCUT2D eigenvalue weighted by atomic mass is 10.0. The Labute approximate surface area is 203 Å². The Morgan fingerprint density at radius 1 is 1.00 bits per heavy atom. The highest BCUT2D eigenvalue weighted by Crippen LogP contribution is 2.39. The van der Waals surface area contributed by atoms with Crippen LogP contribution in [0, 0.1) is 0 Å². The van der Waals surface area contributed by atoms with Gasteiger partial charge in [0.15, 0.2) is 17.1 Å².